The number of hydrogen-bond acceptors (Lipinski definition) is 3. The van der Waals surface area contributed by atoms with Crippen molar-refractivity contribution >= 4 is 11.9 Å². The van der Waals surface area contributed by atoms with Gasteiger partial charge in [-0.3, -0.25) is 10.1 Å². The van der Waals surface area contributed by atoms with Crippen molar-refractivity contribution in [1.82, 2.24) is 16.0 Å². The molecule has 0 heterocycles. The van der Waals surface area contributed by atoms with Gasteiger partial charge in [0, 0.05) is 12.6 Å². The Morgan fingerprint density at radius 3 is 2.29 bits per heavy atom. The average molecular weight is 333 g/mol. The normalized spacial score (nSPS) is 12.0. The molecule has 0 saturated carbocycles. The molecule has 1 atom stereocenters. The minimum Gasteiger partial charge on any atom is -0.338 e. The molecule has 0 unspecified atom stereocenters. The van der Waals surface area contributed by atoms with Crippen LogP contribution in [0.5, 0.6) is 0 Å². The first-order chi connectivity index (χ1) is 11.5. The van der Waals surface area contributed by atoms with Crippen LogP contribution < -0.4 is 16.0 Å². The Morgan fingerprint density at radius 1 is 1.08 bits per heavy atom. The van der Waals surface area contributed by atoms with Gasteiger partial charge in [0.1, 0.15) is 0 Å². The first-order valence-corrected chi connectivity index (χ1v) is 8.87. The van der Waals surface area contributed by atoms with Gasteiger partial charge >= 0.3 is 6.03 Å². The first kappa shape index (κ1) is 20.2. The fourth-order valence-corrected chi connectivity index (χ4v) is 2.59. The van der Waals surface area contributed by atoms with Crippen LogP contribution in [0.1, 0.15) is 57.7 Å². The molecule has 5 heteroatoms. The molecule has 5 nitrogen and oxygen atoms in total. The van der Waals surface area contributed by atoms with Crippen molar-refractivity contribution in [2.24, 2.45) is 5.92 Å². The Hall–Kier alpha value is -1.88. The highest BCUT2D eigenvalue weighted by molar-refractivity contribution is 5.95. The number of amides is 3. The number of imide groups is 1. The van der Waals surface area contributed by atoms with E-state index in [2.05, 4.69) is 61.0 Å². The number of hydrogen-bond donors (Lipinski definition) is 3. The molecular weight excluding hydrogens is 302 g/mol. The van der Waals surface area contributed by atoms with Crippen molar-refractivity contribution in [3.05, 3.63) is 35.4 Å². The van der Waals surface area contributed by atoms with Gasteiger partial charge in [0.15, 0.2) is 0 Å². The summed E-state index contributed by atoms with van der Waals surface area (Å²) in [5, 5.41) is 8.10. The fraction of sp³-hybridized carbons (Fsp3) is 0.579. The second-order valence-electron chi connectivity index (χ2n) is 6.36. The van der Waals surface area contributed by atoms with Crippen LogP contribution in [0, 0.1) is 5.92 Å². The lowest BCUT2D eigenvalue weighted by atomic mass is 9.94. The van der Waals surface area contributed by atoms with Crippen LogP contribution in [-0.2, 0) is 11.2 Å². The van der Waals surface area contributed by atoms with E-state index in [1.165, 1.54) is 18.4 Å². The Kier molecular flexibility index (Phi) is 9.08. The number of rotatable bonds is 9. The molecule has 0 saturated heterocycles. The van der Waals surface area contributed by atoms with Gasteiger partial charge < -0.3 is 10.6 Å². The van der Waals surface area contributed by atoms with Crippen molar-refractivity contribution in [3.8, 4) is 0 Å². The van der Waals surface area contributed by atoms with Gasteiger partial charge in [-0.25, -0.2) is 4.79 Å². The minimum atomic E-state index is -0.453. The second kappa shape index (κ2) is 10.8. The lowest BCUT2D eigenvalue weighted by Gasteiger charge is -2.23. The highest BCUT2D eigenvalue weighted by Crippen LogP contribution is 2.22. The van der Waals surface area contributed by atoms with E-state index in [0.717, 1.165) is 12.0 Å². The third-order valence-corrected chi connectivity index (χ3v) is 3.90. The third kappa shape index (κ3) is 7.13. The SMILES string of the molecule is CCCCc1ccc([C@H](NCC(=O)NC(=O)NCC)C(C)C)cc1. The maximum absolute atomic E-state index is 11.8. The molecular formula is C19H31N3O2. The molecule has 0 aliphatic rings. The van der Waals surface area contributed by atoms with E-state index in [4.69, 9.17) is 0 Å². The molecule has 1 aromatic rings. The molecule has 0 aliphatic heterocycles. The highest BCUT2D eigenvalue weighted by atomic mass is 16.2. The Labute approximate surface area is 145 Å². The number of carbonyl (C=O) groups is 2. The number of nitrogens with one attached hydrogen (secondary N) is 3. The van der Waals surface area contributed by atoms with E-state index in [1.54, 1.807) is 6.92 Å². The molecule has 1 aromatic carbocycles. The number of urea groups is 1. The zero-order valence-corrected chi connectivity index (χ0v) is 15.3. The van der Waals surface area contributed by atoms with Gasteiger partial charge in [0.2, 0.25) is 5.91 Å². The van der Waals surface area contributed by atoms with E-state index < -0.39 is 6.03 Å². The molecule has 0 aliphatic carbocycles. The van der Waals surface area contributed by atoms with Crippen molar-refractivity contribution < 1.29 is 9.59 Å². The molecule has 0 radical (unpaired) electrons. The van der Waals surface area contributed by atoms with Crippen LogP contribution in [0.2, 0.25) is 0 Å². The van der Waals surface area contributed by atoms with Gasteiger partial charge in [-0.05, 0) is 36.8 Å². The summed E-state index contributed by atoms with van der Waals surface area (Å²) in [7, 11) is 0. The van der Waals surface area contributed by atoms with Crippen LogP contribution in [-0.4, -0.2) is 25.0 Å². The number of carbonyl (C=O) groups excluding carboxylic acids is 2. The van der Waals surface area contributed by atoms with Gasteiger partial charge in [0.05, 0.1) is 6.54 Å². The molecule has 0 spiro atoms. The maximum Gasteiger partial charge on any atom is 0.321 e. The number of benzene rings is 1. The lowest BCUT2D eigenvalue weighted by Crippen LogP contribution is -2.44. The van der Waals surface area contributed by atoms with Crippen LogP contribution in [0.15, 0.2) is 24.3 Å². The predicted molar refractivity (Wildman–Crippen MR) is 97.9 cm³/mol. The summed E-state index contributed by atoms with van der Waals surface area (Å²) >= 11 is 0. The number of aryl methyl sites for hydroxylation is 1. The van der Waals surface area contributed by atoms with Gasteiger partial charge in [-0.1, -0.05) is 51.5 Å². The fourth-order valence-electron chi connectivity index (χ4n) is 2.59. The minimum absolute atomic E-state index is 0.0743. The Morgan fingerprint density at radius 2 is 1.75 bits per heavy atom. The molecule has 0 bridgehead atoms. The van der Waals surface area contributed by atoms with E-state index in [0.29, 0.717) is 12.5 Å². The van der Waals surface area contributed by atoms with Crippen LogP contribution >= 0.6 is 0 Å². The topological polar surface area (TPSA) is 70.2 Å². The van der Waals surface area contributed by atoms with Crippen LogP contribution in [0.25, 0.3) is 0 Å². The van der Waals surface area contributed by atoms with Crippen molar-refractivity contribution in [2.45, 2.75) is 53.0 Å². The summed E-state index contributed by atoms with van der Waals surface area (Å²) in [5.74, 6) is 0.00919. The monoisotopic (exact) mass is 333 g/mol. The van der Waals surface area contributed by atoms with Crippen molar-refractivity contribution in [1.29, 1.82) is 0 Å². The molecule has 134 valence electrons. The van der Waals surface area contributed by atoms with Crippen molar-refractivity contribution in [2.75, 3.05) is 13.1 Å². The van der Waals surface area contributed by atoms with Gasteiger partial charge in [-0.2, -0.15) is 0 Å². The van der Waals surface area contributed by atoms with E-state index >= 15 is 0 Å². The second-order valence-corrected chi connectivity index (χ2v) is 6.36. The van der Waals surface area contributed by atoms with E-state index in [9.17, 15) is 9.59 Å². The quantitative estimate of drug-likeness (QED) is 0.650. The van der Waals surface area contributed by atoms with E-state index in [-0.39, 0.29) is 18.5 Å². The molecule has 3 amide bonds. The molecule has 0 fully saturated rings. The number of unbranched alkanes of at least 4 members (excludes halogenated alkanes) is 1. The predicted octanol–water partition coefficient (Wildman–Crippen LogP) is 3.16. The zero-order valence-electron chi connectivity index (χ0n) is 15.3. The average Bonchev–Trinajstić information content (AvgIpc) is 2.54. The largest absolute Gasteiger partial charge is 0.338 e. The lowest BCUT2D eigenvalue weighted by molar-refractivity contribution is -0.119. The molecule has 24 heavy (non-hydrogen) atoms. The summed E-state index contributed by atoms with van der Waals surface area (Å²) < 4.78 is 0. The third-order valence-electron chi connectivity index (χ3n) is 3.90. The summed E-state index contributed by atoms with van der Waals surface area (Å²) in [6.45, 7) is 8.83. The smallest absolute Gasteiger partial charge is 0.321 e. The van der Waals surface area contributed by atoms with Crippen LogP contribution in [0.4, 0.5) is 4.79 Å². The first-order valence-electron chi connectivity index (χ1n) is 8.87. The maximum atomic E-state index is 11.8. The standard InChI is InChI=1S/C19H31N3O2/c1-5-7-8-15-9-11-16(12-10-15)18(14(3)4)21-13-17(23)22-19(24)20-6-2/h9-12,14,18,21H,5-8,13H2,1-4H3,(H2,20,22,23,24)/t18-/m1/s1. The Balaban J connectivity index is 2.60. The molecule has 0 aromatic heterocycles. The van der Waals surface area contributed by atoms with Crippen molar-refractivity contribution in [3.63, 3.8) is 0 Å². The summed E-state index contributed by atoms with van der Waals surface area (Å²) in [6.07, 6.45) is 3.50. The zero-order chi connectivity index (χ0) is 17.9. The van der Waals surface area contributed by atoms with Gasteiger partial charge in [0.25, 0.3) is 0 Å². The van der Waals surface area contributed by atoms with E-state index in [1.807, 2.05) is 0 Å². The summed E-state index contributed by atoms with van der Waals surface area (Å²) in [6, 6.07) is 8.21. The Bertz CT molecular complexity index is 512. The molecule has 3 N–H and O–H groups in total. The highest BCUT2D eigenvalue weighted by Gasteiger charge is 2.17. The van der Waals surface area contributed by atoms with Crippen LogP contribution in [0.3, 0.4) is 0 Å². The van der Waals surface area contributed by atoms with Gasteiger partial charge in [-0.15, -0.1) is 0 Å². The summed E-state index contributed by atoms with van der Waals surface area (Å²) in [5.41, 5.74) is 2.51. The summed E-state index contributed by atoms with van der Waals surface area (Å²) in [4.78, 5) is 23.2. The molecule has 1 rings (SSSR count).